The molecule has 0 aromatic rings. The van der Waals surface area contributed by atoms with Gasteiger partial charge in [-0.25, -0.2) is 9.18 Å². The van der Waals surface area contributed by atoms with Crippen LogP contribution in [0.1, 0.15) is 20.3 Å². The maximum absolute atomic E-state index is 12.2. The van der Waals surface area contributed by atoms with Gasteiger partial charge in [0.15, 0.2) is 0 Å². The Morgan fingerprint density at radius 3 is 2.50 bits per heavy atom. The van der Waals surface area contributed by atoms with Crippen molar-refractivity contribution in [3.63, 3.8) is 0 Å². The number of rotatable bonds is 3. The van der Waals surface area contributed by atoms with Crippen LogP contribution in [0.5, 0.6) is 0 Å². The number of halogens is 1. The van der Waals surface area contributed by atoms with Crippen LogP contribution in [0, 0.1) is 0 Å². The first-order valence-electron chi connectivity index (χ1n) is 3.04. The summed E-state index contributed by atoms with van der Waals surface area (Å²) in [5.74, 6) is -1.39. The van der Waals surface area contributed by atoms with E-state index < -0.39 is 12.1 Å². The quantitative estimate of drug-likeness (QED) is 0.616. The van der Waals surface area contributed by atoms with Gasteiger partial charge in [0.2, 0.25) is 6.17 Å². The standard InChI is InChI=1S/C7H11FO2/c1-5(2)3-4-6(8)7(9)10/h3,6H,4H2,1-2H3,(H,9,10)/t6-/m0/s1. The van der Waals surface area contributed by atoms with Gasteiger partial charge in [-0.3, -0.25) is 0 Å². The number of carboxylic acids is 1. The van der Waals surface area contributed by atoms with E-state index in [1.165, 1.54) is 0 Å². The third-order valence-corrected chi connectivity index (χ3v) is 1.00. The van der Waals surface area contributed by atoms with E-state index in [1.54, 1.807) is 19.9 Å². The van der Waals surface area contributed by atoms with Crippen molar-refractivity contribution in [2.24, 2.45) is 0 Å². The summed E-state index contributed by atoms with van der Waals surface area (Å²) >= 11 is 0. The second-order valence-electron chi connectivity index (χ2n) is 2.32. The number of alkyl halides is 1. The molecule has 0 unspecified atom stereocenters. The highest BCUT2D eigenvalue weighted by molar-refractivity contribution is 5.72. The van der Waals surface area contributed by atoms with Crippen LogP contribution in [0.25, 0.3) is 0 Å². The smallest absolute Gasteiger partial charge is 0.338 e. The molecule has 0 saturated carbocycles. The summed E-state index contributed by atoms with van der Waals surface area (Å²) in [4.78, 5) is 9.91. The Kier molecular flexibility index (Phi) is 3.69. The van der Waals surface area contributed by atoms with Gasteiger partial charge >= 0.3 is 5.97 Å². The van der Waals surface area contributed by atoms with E-state index in [0.29, 0.717) is 0 Å². The van der Waals surface area contributed by atoms with Gasteiger partial charge in [-0.1, -0.05) is 11.6 Å². The first-order valence-corrected chi connectivity index (χ1v) is 3.04. The molecule has 0 radical (unpaired) electrons. The minimum atomic E-state index is -1.75. The van der Waals surface area contributed by atoms with Crippen LogP contribution in [0.4, 0.5) is 4.39 Å². The van der Waals surface area contributed by atoms with E-state index in [4.69, 9.17) is 5.11 Å². The Bertz CT molecular complexity index is 148. The van der Waals surface area contributed by atoms with Crippen molar-refractivity contribution in [2.45, 2.75) is 26.4 Å². The fraction of sp³-hybridized carbons (Fsp3) is 0.571. The number of aliphatic carboxylic acids is 1. The number of allylic oxidation sites excluding steroid dienone is 2. The molecule has 0 aliphatic rings. The monoisotopic (exact) mass is 146 g/mol. The van der Waals surface area contributed by atoms with Crippen LogP contribution in [0.2, 0.25) is 0 Å². The van der Waals surface area contributed by atoms with Crippen molar-refractivity contribution in [2.75, 3.05) is 0 Å². The zero-order chi connectivity index (χ0) is 8.15. The molecule has 0 spiro atoms. The topological polar surface area (TPSA) is 37.3 Å². The van der Waals surface area contributed by atoms with Crippen LogP contribution in [0.15, 0.2) is 11.6 Å². The van der Waals surface area contributed by atoms with Crippen molar-refractivity contribution in [3.05, 3.63) is 11.6 Å². The van der Waals surface area contributed by atoms with Crippen LogP contribution in [-0.4, -0.2) is 17.2 Å². The third-order valence-electron chi connectivity index (χ3n) is 1.00. The van der Waals surface area contributed by atoms with Gasteiger partial charge in [0.25, 0.3) is 0 Å². The molecule has 10 heavy (non-hydrogen) atoms. The minimum absolute atomic E-state index is 0.0301. The zero-order valence-electron chi connectivity index (χ0n) is 6.10. The Hall–Kier alpha value is -0.860. The van der Waals surface area contributed by atoms with E-state index >= 15 is 0 Å². The maximum atomic E-state index is 12.2. The summed E-state index contributed by atoms with van der Waals surface area (Å²) in [5, 5.41) is 8.09. The molecule has 0 aliphatic heterocycles. The fourth-order valence-electron chi connectivity index (χ4n) is 0.440. The Balaban J connectivity index is 3.70. The minimum Gasteiger partial charge on any atom is -0.479 e. The second-order valence-corrected chi connectivity index (χ2v) is 2.32. The van der Waals surface area contributed by atoms with E-state index in [-0.39, 0.29) is 6.42 Å². The molecule has 0 heterocycles. The highest BCUT2D eigenvalue weighted by Gasteiger charge is 2.12. The van der Waals surface area contributed by atoms with Gasteiger partial charge in [0.05, 0.1) is 0 Å². The van der Waals surface area contributed by atoms with Gasteiger partial charge < -0.3 is 5.11 Å². The number of carbonyl (C=O) groups is 1. The molecule has 1 atom stereocenters. The number of hydrogen-bond acceptors (Lipinski definition) is 1. The molecule has 0 saturated heterocycles. The van der Waals surface area contributed by atoms with Gasteiger partial charge in [-0.2, -0.15) is 0 Å². The molecule has 0 aliphatic carbocycles. The molecule has 0 aromatic heterocycles. The first kappa shape index (κ1) is 9.14. The van der Waals surface area contributed by atoms with E-state index in [2.05, 4.69) is 0 Å². The third kappa shape index (κ3) is 4.06. The lowest BCUT2D eigenvalue weighted by Gasteiger charge is -1.96. The summed E-state index contributed by atoms with van der Waals surface area (Å²) in [6, 6.07) is 0. The van der Waals surface area contributed by atoms with Crippen LogP contribution in [-0.2, 0) is 4.79 Å². The van der Waals surface area contributed by atoms with Crippen molar-refractivity contribution in [3.8, 4) is 0 Å². The Labute approximate surface area is 59.4 Å². The van der Waals surface area contributed by atoms with Crippen molar-refractivity contribution in [1.82, 2.24) is 0 Å². The molecular weight excluding hydrogens is 135 g/mol. The van der Waals surface area contributed by atoms with Gasteiger partial charge in [0, 0.05) is 6.42 Å². The molecule has 0 fully saturated rings. The van der Waals surface area contributed by atoms with Crippen LogP contribution < -0.4 is 0 Å². The van der Waals surface area contributed by atoms with Gasteiger partial charge in [0.1, 0.15) is 0 Å². The molecule has 1 N–H and O–H groups in total. The maximum Gasteiger partial charge on any atom is 0.338 e. The number of carboxylic acid groups (broad SMARTS) is 1. The Morgan fingerprint density at radius 2 is 2.20 bits per heavy atom. The molecule has 2 nitrogen and oxygen atoms in total. The SMILES string of the molecule is CC(C)=CC[C@H](F)C(=O)O. The molecule has 0 amide bonds. The summed E-state index contributed by atoms with van der Waals surface area (Å²) in [7, 11) is 0. The highest BCUT2D eigenvalue weighted by Crippen LogP contribution is 2.01. The lowest BCUT2D eigenvalue weighted by Crippen LogP contribution is -2.12. The molecular formula is C7H11FO2. The molecule has 3 heteroatoms. The predicted octanol–water partition coefficient (Wildman–Crippen LogP) is 1.77. The highest BCUT2D eigenvalue weighted by atomic mass is 19.1. The normalized spacial score (nSPS) is 12.3. The summed E-state index contributed by atoms with van der Waals surface area (Å²) in [6.45, 7) is 3.60. The molecule has 0 bridgehead atoms. The predicted molar refractivity (Wildman–Crippen MR) is 36.6 cm³/mol. The van der Waals surface area contributed by atoms with Crippen LogP contribution in [0.3, 0.4) is 0 Å². The second kappa shape index (κ2) is 4.04. The summed E-state index contributed by atoms with van der Waals surface area (Å²) in [5.41, 5.74) is 0.934. The number of hydrogen-bond donors (Lipinski definition) is 1. The molecule has 0 aromatic carbocycles. The fourth-order valence-corrected chi connectivity index (χ4v) is 0.440. The van der Waals surface area contributed by atoms with Gasteiger partial charge in [-0.15, -0.1) is 0 Å². The van der Waals surface area contributed by atoms with Gasteiger partial charge in [-0.05, 0) is 13.8 Å². The van der Waals surface area contributed by atoms with Crippen LogP contribution >= 0.6 is 0 Å². The lowest BCUT2D eigenvalue weighted by molar-refractivity contribution is -0.142. The zero-order valence-corrected chi connectivity index (χ0v) is 6.10. The molecule has 58 valence electrons. The molecule has 0 rings (SSSR count). The average Bonchev–Trinajstić information content (AvgIpc) is 1.82. The Morgan fingerprint density at radius 1 is 1.70 bits per heavy atom. The van der Waals surface area contributed by atoms with E-state index in [1.807, 2.05) is 0 Å². The first-order chi connectivity index (χ1) is 4.54. The van der Waals surface area contributed by atoms with Crippen molar-refractivity contribution < 1.29 is 14.3 Å². The van der Waals surface area contributed by atoms with E-state index in [0.717, 1.165) is 5.57 Å². The summed E-state index contributed by atoms with van der Waals surface area (Å²) < 4.78 is 12.2. The summed E-state index contributed by atoms with van der Waals surface area (Å²) in [6.07, 6.45) is -0.217. The van der Waals surface area contributed by atoms with Crippen molar-refractivity contribution in [1.29, 1.82) is 0 Å². The largest absolute Gasteiger partial charge is 0.479 e. The van der Waals surface area contributed by atoms with E-state index in [9.17, 15) is 9.18 Å². The average molecular weight is 146 g/mol. The van der Waals surface area contributed by atoms with Crippen molar-refractivity contribution >= 4 is 5.97 Å². The lowest BCUT2D eigenvalue weighted by atomic mass is 10.2.